The number of methoxy groups -OCH3 is 1. The van der Waals surface area contributed by atoms with Crippen LogP contribution in [-0.4, -0.2) is 55.9 Å². The molecule has 0 radical (unpaired) electrons. The molecule has 20 heavy (non-hydrogen) atoms. The zero-order chi connectivity index (χ0) is 15.5. The van der Waals surface area contributed by atoms with Crippen molar-refractivity contribution in [1.82, 2.24) is 4.31 Å². The summed E-state index contributed by atoms with van der Waals surface area (Å²) in [7, 11) is -1.96. The lowest BCUT2D eigenvalue weighted by atomic mass is 9.99. The van der Waals surface area contributed by atoms with E-state index in [2.05, 4.69) is 0 Å². The summed E-state index contributed by atoms with van der Waals surface area (Å²) in [6.07, 6.45) is 0.320. The summed E-state index contributed by atoms with van der Waals surface area (Å²) in [6, 6.07) is 0. The van der Waals surface area contributed by atoms with Crippen molar-refractivity contribution in [3.63, 3.8) is 0 Å². The molecule has 1 aliphatic rings. The van der Waals surface area contributed by atoms with Crippen molar-refractivity contribution in [3.8, 4) is 0 Å². The second-order valence-corrected chi connectivity index (χ2v) is 8.02. The molecule has 0 aliphatic carbocycles. The minimum atomic E-state index is -3.47. The van der Waals surface area contributed by atoms with Crippen LogP contribution in [0.4, 0.5) is 0 Å². The van der Waals surface area contributed by atoms with Crippen molar-refractivity contribution in [3.05, 3.63) is 0 Å². The number of rotatable bonds is 7. The molecular weight excluding hydrogens is 282 g/mol. The first-order valence-corrected chi connectivity index (χ1v) is 8.51. The van der Waals surface area contributed by atoms with E-state index in [-0.39, 0.29) is 30.9 Å². The Morgan fingerprint density at radius 3 is 2.40 bits per heavy atom. The predicted molar refractivity (Wildman–Crippen MR) is 75.9 cm³/mol. The van der Waals surface area contributed by atoms with Crippen LogP contribution in [0.25, 0.3) is 0 Å². The number of aliphatic carboxylic acids is 1. The second kappa shape index (κ2) is 6.87. The van der Waals surface area contributed by atoms with E-state index >= 15 is 0 Å². The molecule has 0 saturated carbocycles. The number of carbonyl (C=O) groups is 1. The van der Waals surface area contributed by atoms with E-state index < -0.39 is 21.9 Å². The lowest BCUT2D eigenvalue weighted by Gasteiger charge is -2.22. The molecule has 7 heteroatoms. The number of carboxylic acids is 1. The Morgan fingerprint density at radius 2 is 2.00 bits per heavy atom. The normalized spacial score (nSPS) is 26.1. The Balaban J connectivity index is 2.72. The van der Waals surface area contributed by atoms with Gasteiger partial charge in [-0.3, -0.25) is 4.79 Å². The van der Waals surface area contributed by atoms with Crippen LogP contribution in [0.1, 0.15) is 27.2 Å². The summed E-state index contributed by atoms with van der Waals surface area (Å²) in [6.45, 7) is 6.14. The van der Waals surface area contributed by atoms with Gasteiger partial charge in [0.2, 0.25) is 10.0 Å². The number of sulfonamides is 1. The molecule has 6 nitrogen and oxygen atoms in total. The summed E-state index contributed by atoms with van der Waals surface area (Å²) in [5.74, 6) is -1.44. The van der Waals surface area contributed by atoms with Gasteiger partial charge in [-0.25, -0.2) is 12.7 Å². The Hall–Kier alpha value is -0.660. The zero-order valence-corrected chi connectivity index (χ0v) is 13.4. The molecule has 1 heterocycles. The van der Waals surface area contributed by atoms with E-state index in [1.165, 1.54) is 11.4 Å². The van der Waals surface area contributed by atoms with E-state index in [9.17, 15) is 13.2 Å². The molecule has 1 fully saturated rings. The standard InChI is InChI=1S/C13H25NO5S/c1-9(2)5-11(19-4)8-20(17,18)14-6-10(3)12(7-14)13(15)16/h9-12H,5-8H2,1-4H3,(H,15,16)/t10-,11?,12-/m1/s1. The molecule has 0 amide bonds. The fourth-order valence-corrected chi connectivity index (χ4v) is 4.37. The number of ether oxygens (including phenoxy) is 1. The summed E-state index contributed by atoms with van der Waals surface area (Å²) in [4.78, 5) is 11.1. The van der Waals surface area contributed by atoms with Gasteiger partial charge in [0.1, 0.15) is 0 Å². The SMILES string of the molecule is COC(CC(C)C)CS(=O)(=O)N1C[C@@H](C)[C@H](C(=O)O)C1. The van der Waals surface area contributed by atoms with Crippen molar-refractivity contribution >= 4 is 16.0 Å². The number of hydrogen-bond donors (Lipinski definition) is 1. The number of carboxylic acid groups (broad SMARTS) is 1. The average Bonchev–Trinajstić information content (AvgIpc) is 2.70. The van der Waals surface area contributed by atoms with Crippen molar-refractivity contribution in [2.75, 3.05) is 26.0 Å². The molecule has 0 aromatic rings. The molecule has 3 atom stereocenters. The Bertz CT molecular complexity index is 434. The minimum Gasteiger partial charge on any atom is -0.481 e. The molecule has 1 aliphatic heterocycles. The predicted octanol–water partition coefficient (Wildman–Crippen LogP) is 1.03. The highest BCUT2D eigenvalue weighted by Gasteiger charge is 2.40. The van der Waals surface area contributed by atoms with Crippen LogP contribution in [0.15, 0.2) is 0 Å². The fraction of sp³-hybridized carbons (Fsp3) is 0.923. The molecule has 0 aromatic carbocycles. The first-order chi connectivity index (χ1) is 9.17. The van der Waals surface area contributed by atoms with Gasteiger partial charge in [0.05, 0.1) is 17.8 Å². The quantitative estimate of drug-likeness (QED) is 0.759. The van der Waals surface area contributed by atoms with E-state index in [4.69, 9.17) is 9.84 Å². The molecule has 1 N–H and O–H groups in total. The maximum atomic E-state index is 12.4. The third-order valence-corrected chi connectivity index (χ3v) is 5.63. The maximum absolute atomic E-state index is 12.4. The summed E-state index contributed by atoms with van der Waals surface area (Å²) in [5, 5.41) is 9.07. The van der Waals surface area contributed by atoms with Crippen LogP contribution in [-0.2, 0) is 19.6 Å². The van der Waals surface area contributed by atoms with Crippen LogP contribution in [0.2, 0.25) is 0 Å². The van der Waals surface area contributed by atoms with E-state index in [1.54, 1.807) is 6.92 Å². The molecule has 118 valence electrons. The van der Waals surface area contributed by atoms with Gasteiger partial charge in [0, 0.05) is 20.2 Å². The van der Waals surface area contributed by atoms with Crippen LogP contribution in [0, 0.1) is 17.8 Å². The van der Waals surface area contributed by atoms with Gasteiger partial charge >= 0.3 is 5.97 Å². The van der Waals surface area contributed by atoms with Crippen LogP contribution < -0.4 is 0 Å². The molecule has 0 spiro atoms. The molecule has 0 aromatic heterocycles. The molecular formula is C13H25NO5S. The first-order valence-electron chi connectivity index (χ1n) is 6.90. The highest BCUT2D eigenvalue weighted by atomic mass is 32.2. The molecule has 1 rings (SSSR count). The third-order valence-electron chi connectivity index (χ3n) is 3.75. The third kappa shape index (κ3) is 4.43. The summed E-state index contributed by atoms with van der Waals surface area (Å²) in [5.41, 5.74) is 0. The van der Waals surface area contributed by atoms with Crippen molar-refractivity contribution in [2.24, 2.45) is 17.8 Å². The van der Waals surface area contributed by atoms with Crippen LogP contribution >= 0.6 is 0 Å². The summed E-state index contributed by atoms with van der Waals surface area (Å²) >= 11 is 0. The Kier molecular flexibility index (Phi) is 5.97. The van der Waals surface area contributed by atoms with Gasteiger partial charge in [-0.15, -0.1) is 0 Å². The fourth-order valence-electron chi connectivity index (χ4n) is 2.57. The minimum absolute atomic E-state index is 0.0664. The van der Waals surface area contributed by atoms with Gasteiger partial charge in [-0.1, -0.05) is 20.8 Å². The number of nitrogens with zero attached hydrogens (tertiary/aromatic N) is 1. The smallest absolute Gasteiger partial charge is 0.308 e. The summed E-state index contributed by atoms with van der Waals surface area (Å²) < 4.78 is 31.2. The lowest BCUT2D eigenvalue weighted by Crippen LogP contribution is -2.37. The maximum Gasteiger partial charge on any atom is 0.308 e. The Labute approximate surface area is 121 Å². The van der Waals surface area contributed by atoms with E-state index in [0.717, 1.165) is 0 Å². The van der Waals surface area contributed by atoms with Crippen LogP contribution in [0.5, 0.6) is 0 Å². The van der Waals surface area contributed by atoms with Gasteiger partial charge in [-0.05, 0) is 18.3 Å². The van der Waals surface area contributed by atoms with Gasteiger partial charge in [-0.2, -0.15) is 0 Å². The van der Waals surface area contributed by atoms with Gasteiger partial charge in [0.25, 0.3) is 0 Å². The largest absolute Gasteiger partial charge is 0.481 e. The number of hydrogen-bond acceptors (Lipinski definition) is 4. The molecule has 1 unspecified atom stereocenters. The monoisotopic (exact) mass is 307 g/mol. The average molecular weight is 307 g/mol. The first kappa shape index (κ1) is 17.4. The van der Waals surface area contributed by atoms with Crippen LogP contribution in [0.3, 0.4) is 0 Å². The van der Waals surface area contributed by atoms with E-state index in [1.807, 2.05) is 13.8 Å². The van der Waals surface area contributed by atoms with Crippen molar-refractivity contribution in [1.29, 1.82) is 0 Å². The lowest BCUT2D eigenvalue weighted by molar-refractivity contribution is -0.142. The Morgan fingerprint density at radius 1 is 1.40 bits per heavy atom. The zero-order valence-electron chi connectivity index (χ0n) is 12.6. The topological polar surface area (TPSA) is 83.9 Å². The van der Waals surface area contributed by atoms with Gasteiger partial charge in [0.15, 0.2) is 0 Å². The van der Waals surface area contributed by atoms with Crippen molar-refractivity contribution < 1.29 is 23.1 Å². The molecule has 0 bridgehead atoms. The second-order valence-electron chi connectivity index (χ2n) is 6.00. The van der Waals surface area contributed by atoms with Crippen molar-refractivity contribution in [2.45, 2.75) is 33.3 Å². The van der Waals surface area contributed by atoms with Gasteiger partial charge < -0.3 is 9.84 Å². The van der Waals surface area contributed by atoms with E-state index in [0.29, 0.717) is 12.3 Å². The highest BCUT2D eigenvalue weighted by Crippen LogP contribution is 2.26. The highest BCUT2D eigenvalue weighted by molar-refractivity contribution is 7.89. The molecule has 1 saturated heterocycles.